The molecule has 1 aromatic rings. The molecular weight excluding hydrogens is 184 g/mol. The highest BCUT2D eigenvalue weighted by Gasteiger charge is 2.16. The molecule has 1 aromatic carbocycles. The fourth-order valence-electron chi connectivity index (χ4n) is 2.32. The van der Waals surface area contributed by atoms with E-state index in [4.69, 9.17) is 0 Å². The number of hydrogen-bond acceptors (Lipinski definition) is 2. The fraction of sp³-hybridized carbons (Fsp3) is 0.538. The number of para-hydroxylation sites is 1. The lowest BCUT2D eigenvalue weighted by Crippen LogP contribution is -2.23. The average molecular weight is 204 g/mol. The Kier molecular flexibility index (Phi) is 3.27. The van der Waals surface area contributed by atoms with Crippen LogP contribution in [-0.4, -0.2) is 19.8 Å². The zero-order valence-corrected chi connectivity index (χ0v) is 9.71. The molecule has 0 aromatic heterocycles. The van der Waals surface area contributed by atoms with Gasteiger partial charge in [-0.1, -0.05) is 32.0 Å². The maximum Gasteiger partial charge on any atom is 0.0683 e. The van der Waals surface area contributed by atoms with E-state index in [1.165, 1.54) is 16.8 Å². The third-order valence-corrected chi connectivity index (χ3v) is 3.14. The van der Waals surface area contributed by atoms with Crippen molar-refractivity contribution in [3.05, 3.63) is 29.3 Å². The van der Waals surface area contributed by atoms with E-state index in [1.54, 1.807) is 0 Å². The van der Waals surface area contributed by atoms with Crippen molar-refractivity contribution in [1.29, 1.82) is 0 Å². The Morgan fingerprint density at radius 1 is 1.20 bits per heavy atom. The third-order valence-electron chi connectivity index (χ3n) is 3.14. The van der Waals surface area contributed by atoms with Crippen LogP contribution in [0.2, 0.25) is 0 Å². The molecule has 2 nitrogen and oxygen atoms in total. The van der Waals surface area contributed by atoms with E-state index in [-0.39, 0.29) is 0 Å². The lowest BCUT2D eigenvalue weighted by molar-refractivity contribution is 0.848. The van der Waals surface area contributed by atoms with Crippen LogP contribution in [0.1, 0.15) is 25.0 Å². The van der Waals surface area contributed by atoms with Crippen LogP contribution in [0.25, 0.3) is 0 Å². The van der Waals surface area contributed by atoms with Crippen molar-refractivity contribution in [2.75, 3.05) is 24.7 Å². The zero-order chi connectivity index (χ0) is 10.7. The molecular formula is C13H20N2. The summed E-state index contributed by atoms with van der Waals surface area (Å²) in [5, 5.41) is 3.40. The van der Waals surface area contributed by atoms with Gasteiger partial charge in [-0.2, -0.15) is 0 Å². The van der Waals surface area contributed by atoms with Gasteiger partial charge in [0, 0.05) is 18.8 Å². The summed E-state index contributed by atoms with van der Waals surface area (Å²) in [5.41, 5.74) is 4.45. The van der Waals surface area contributed by atoms with E-state index in [1.807, 2.05) is 0 Å². The van der Waals surface area contributed by atoms with Gasteiger partial charge in [0.1, 0.15) is 0 Å². The van der Waals surface area contributed by atoms with Gasteiger partial charge < -0.3 is 4.90 Å². The second kappa shape index (κ2) is 4.67. The number of anilines is 1. The van der Waals surface area contributed by atoms with E-state index in [2.05, 4.69) is 42.3 Å². The topological polar surface area (TPSA) is 15.3 Å². The second-order valence-electron chi connectivity index (χ2n) is 4.05. The molecule has 1 aliphatic rings. The Labute approximate surface area is 92.3 Å². The summed E-state index contributed by atoms with van der Waals surface area (Å²) < 4.78 is 0. The molecule has 0 bridgehead atoms. The highest BCUT2D eigenvalue weighted by Crippen LogP contribution is 2.27. The molecule has 1 saturated heterocycles. The normalized spacial score (nSPS) is 16.0. The van der Waals surface area contributed by atoms with Gasteiger partial charge in [-0.05, 0) is 24.0 Å². The minimum absolute atomic E-state index is 1.00. The average Bonchev–Trinajstić information content (AvgIpc) is 2.81. The summed E-state index contributed by atoms with van der Waals surface area (Å²) >= 11 is 0. The molecule has 0 amide bonds. The number of nitrogens with one attached hydrogen (secondary N) is 1. The standard InChI is InChI=1S/C13H20N2/c1-3-11-6-5-7-12(4-2)13(11)15-9-8-14-10-15/h5-7,14H,3-4,8-10H2,1-2H3. The Bertz CT molecular complexity index is 305. The summed E-state index contributed by atoms with van der Waals surface area (Å²) in [6.45, 7) is 7.73. The summed E-state index contributed by atoms with van der Waals surface area (Å²) in [6.07, 6.45) is 2.25. The van der Waals surface area contributed by atoms with Gasteiger partial charge >= 0.3 is 0 Å². The number of hydrogen-bond donors (Lipinski definition) is 1. The van der Waals surface area contributed by atoms with E-state index in [0.717, 1.165) is 32.6 Å². The van der Waals surface area contributed by atoms with E-state index in [9.17, 15) is 0 Å². The van der Waals surface area contributed by atoms with Gasteiger partial charge in [-0.3, -0.25) is 5.32 Å². The maximum absolute atomic E-state index is 3.40. The van der Waals surface area contributed by atoms with Crippen molar-refractivity contribution >= 4 is 5.69 Å². The first-order valence-electron chi connectivity index (χ1n) is 5.93. The SMILES string of the molecule is CCc1cccc(CC)c1N1CCNC1. The largest absolute Gasteiger partial charge is 0.357 e. The molecule has 0 unspecified atom stereocenters. The molecule has 1 N–H and O–H groups in total. The molecule has 1 heterocycles. The number of rotatable bonds is 3. The second-order valence-corrected chi connectivity index (χ2v) is 4.05. The van der Waals surface area contributed by atoms with Gasteiger partial charge in [-0.15, -0.1) is 0 Å². The highest BCUT2D eigenvalue weighted by atomic mass is 15.3. The van der Waals surface area contributed by atoms with Crippen LogP contribution in [0, 0.1) is 0 Å². The van der Waals surface area contributed by atoms with E-state index < -0.39 is 0 Å². The maximum atomic E-state index is 3.40. The first-order valence-corrected chi connectivity index (χ1v) is 5.93. The Balaban J connectivity index is 2.39. The first kappa shape index (κ1) is 10.5. The predicted molar refractivity (Wildman–Crippen MR) is 65.4 cm³/mol. The van der Waals surface area contributed by atoms with Crippen molar-refractivity contribution in [3.63, 3.8) is 0 Å². The summed E-state index contributed by atoms with van der Waals surface area (Å²) in [5.74, 6) is 0. The monoisotopic (exact) mass is 204 g/mol. The van der Waals surface area contributed by atoms with Gasteiger partial charge in [0.25, 0.3) is 0 Å². The van der Waals surface area contributed by atoms with Gasteiger partial charge in [0.15, 0.2) is 0 Å². The van der Waals surface area contributed by atoms with E-state index in [0.29, 0.717) is 0 Å². The predicted octanol–water partition coefficient (Wildman–Crippen LogP) is 2.18. The highest BCUT2D eigenvalue weighted by molar-refractivity contribution is 5.60. The molecule has 2 heteroatoms. The quantitative estimate of drug-likeness (QED) is 0.812. The molecule has 0 radical (unpaired) electrons. The molecule has 1 aliphatic heterocycles. The molecule has 1 fully saturated rings. The smallest absolute Gasteiger partial charge is 0.0683 e. The van der Waals surface area contributed by atoms with Gasteiger partial charge in [0.2, 0.25) is 0 Å². The zero-order valence-electron chi connectivity index (χ0n) is 9.71. The lowest BCUT2D eigenvalue weighted by atomic mass is 10.0. The van der Waals surface area contributed by atoms with Crippen LogP contribution in [0.5, 0.6) is 0 Å². The molecule has 0 saturated carbocycles. The van der Waals surface area contributed by atoms with Crippen LogP contribution in [0.4, 0.5) is 5.69 Å². The van der Waals surface area contributed by atoms with Crippen molar-refractivity contribution in [2.45, 2.75) is 26.7 Å². The molecule has 15 heavy (non-hydrogen) atoms. The van der Waals surface area contributed by atoms with Crippen LogP contribution < -0.4 is 10.2 Å². The number of benzene rings is 1. The lowest BCUT2D eigenvalue weighted by Gasteiger charge is -2.23. The van der Waals surface area contributed by atoms with Crippen LogP contribution in [0.3, 0.4) is 0 Å². The third kappa shape index (κ3) is 2.00. The van der Waals surface area contributed by atoms with Crippen molar-refractivity contribution in [2.24, 2.45) is 0 Å². The van der Waals surface area contributed by atoms with Gasteiger partial charge in [0.05, 0.1) is 6.67 Å². The van der Waals surface area contributed by atoms with Crippen LogP contribution in [0.15, 0.2) is 18.2 Å². The number of nitrogens with zero attached hydrogens (tertiary/aromatic N) is 1. The van der Waals surface area contributed by atoms with Crippen molar-refractivity contribution in [3.8, 4) is 0 Å². The fourth-order valence-corrected chi connectivity index (χ4v) is 2.32. The molecule has 2 rings (SSSR count). The summed E-state index contributed by atoms with van der Waals surface area (Å²) in [7, 11) is 0. The van der Waals surface area contributed by atoms with Crippen molar-refractivity contribution in [1.82, 2.24) is 5.32 Å². The Morgan fingerprint density at radius 2 is 1.87 bits per heavy atom. The van der Waals surface area contributed by atoms with Crippen LogP contribution >= 0.6 is 0 Å². The number of aryl methyl sites for hydroxylation is 2. The van der Waals surface area contributed by atoms with Crippen LogP contribution in [-0.2, 0) is 12.8 Å². The van der Waals surface area contributed by atoms with Crippen molar-refractivity contribution < 1.29 is 0 Å². The van der Waals surface area contributed by atoms with E-state index >= 15 is 0 Å². The molecule has 0 atom stereocenters. The minimum atomic E-state index is 1.00. The Morgan fingerprint density at radius 3 is 2.33 bits per heavy atom. The molecule has 0 aliphatic carbocycles. The molecule has 0 spiro atoms. The van der Waals surface area contributed by atoms with Gasteiger partial charge in [-0.25, -0.2) is 0 Å². The molecule has 82 valence electrons. The minimum Gasteiger partial charge on any atom is -0.357 e. The summed E-state index contributed by atoms with van der Waals surface area (Å²) in [6, 6.07) is 6.70. The summed E-state index contributed by atoms with van der Waals surface area (Å²) in [4.78, 5) is 2.47. The Hall–Kier alpha value is -1.02. The first-order chi connectivity index (χ1) is 7.36.